The van der Waals surface area contributed by atoms with Gasteiger partial charge in [0, 0.05) is 18.7 Å². The van der Waals surface area contributed by atoms with E-state index in [9.17, 15) is 9.90 Å². The van der Waals surface area contributed by atoms with Crippen LogP contribution in [0, 0.1) is 12.8 Å². The molecule has 0 unspecified atom stereocenters. The zero-order chi connectivity index (χ0) is 14.4. The lowest BCUT2D eigenvalue weighted by Crippen LogP contribution is -2.35. The third-order valence-corrected chi connectivity index (χ3v) is 2.95. The number of nitrogens with zero attached hydrogens (tertiary/aromatic N) is 1. The normalized spacial score (nSPS) is 10.8. The van der Waals surface area contributed by atoms with Gasteiger partial charge in [-0.3, -0.25) is 4.79 Å². The minimum atomic E-state index is 0.00486. The van der Waals surface area contributed by atoms with E-state index in [1.807, 2.05) is 4.90 Å². The van der Waals surface area contributed by atoms with Gasteiger partial charge in [0.25, 0.3) is 5.91 Å². The van der Waals surface area contributed by atoms with Crippen LogP contribution in [-0.2, 0) is 0 Å². The van der Waals surface area contributed by atoms with E-state index in [4.69, 9.17) is 5.73 Å². The zero-order valence-electron chi connectivity index (χ0n) is 12.0. The summed E-state index contributed by atoms with van der Waals surface area (Å²) in [5.74, 6) is 0.638. The van der Waals surface area contributed by atoms with Crippen LogP contribution in [0.1, 0.15) is 36.2 Å². The molecule has 0 atom stereocenters. The molecule has 0 bridgehead atoms. The molecule has 1 aromatic rings. The molecule has 0 radical (unpaired) electrons. The van der Waals surface area contributed by atoms with Crippen LogP contribution in [0.4, 0.5) is 0 Å². The highest BCUT2D eigenvalue weighted by Gasteiger charge is 2.17. The van der Waals surface area contributed by atoms with Crippen LogP contribution in [-0.4, -0.2) is 35.5 Å². The van der Waals surface area contributed by atoms with Crippen LogP contribution in [0.25, 0.3) is 0 Å². The summed E-state index contributed by atoms with van der Waals surface area (Å²) in [4.78, 5) is 14.3. The molecule has 0 fully saturated rings. The van der Waals surface area contributed by atoms with Crippen molar-refractivity contribution in [1.82, 2.24) is 4.90 Å². The Hall–Kier alpha value is -1.55. The lowest BCUT2D eigenvalue weighted by molar-refractivity contribution is 0.0735. The van der Waals surface area contributed by atoms with Gasteiger partial charge in [-0.2, -0.15) is 0 Å². The Labute approximate surface area is 115 Å². The monoisotopic (exact) mass is 264 g/mol. The molecule has 0 aliphatic carbocycles. The number of aryl methyl sites for hydroxylation is 1. The summed E-state index contributed by atoms with van der Waals surface area (Å²) >= 11 is 0. The summed E-state index contributed by atoms with van der Waals surface area (Å²) in [7, 11) is 0. The van der Waals surface area contributed by atoms with Gasteiger partial charge in [-0.25, -0.2) is 0 Å². The summed E-state index contributed by atoms with van der Waals surface area (Å²) < 4.78 is 0. The standard InChI is InChI=1S/C15H24N2O2/c1-11(2)10-17(8-4-7-16)15(19)13-5-6-14(18)12(3)9-13/h5-6,9,11,18H,4,7-8,10,16H2,1-3H3. The summed E-state index contributed by atoms with van der Waals surface area (Å²) in [5.41, 5.74) is 6.85. The average Bonchev–Trinajstić information content (AvgIpc) is 2.36. The van der Waals surface area contributed by atoms with Crippen LogP contribution in [0.5, 0.6) is 5.75 Å². The van der Waals surface area contributed by atoms with Crippen molar-refractivity contribution in [3.63, 3.8) is 0 Å². The lowest BCUT2D eigenvalue weighted by Gasteiger charge is -2.24. The van der Waals surface area contributed by atoms with E-state index in [1.165, 1.54) is 0 Å². The predicted molar refractivity (Wildman–Crippen MR) is 77.3 cm³/mol. The molecule has 3 N–H and O–H groups in total. The van der Waals surface area contributed by atoms with E-state index in [0.717, 1.165) is 13.0 Å². The number of hydrogen-bond acceptors (Lipinski definition) is 3. The number of amides is 1. The molecule has 0 saturated heterocycles. The van der Waals surface area contributed by atoms with Crippen molar-refractivity contribution in [2.75, 3.05) is 19.6 Å². The molecule has 19 heavy (non-hydrogen) atoms. The van der Waals surface area contributed by atoms with Crippen molar-refractivity contribution < 1.29 is 9.90 Å². The highest BCUT2D eigenvalue weighted by Crippen LogP contribution is 2.18. The van der Waals surface area contributed by atoms with Gasteiger partial charge in [-0.1, -0.05) is 13.8 Å². The first-order chi connectivity index (χ1) is 8.95. The second-order valence-corrected chi connectivity index (χ2v) is 5.29. The lowest BCUT2D eigenvalue weighted by atomic mass is 10.1. The number of carbonyl (C=O) groups excluding carboxylic acids is 1. The van der Waals surface area contributed by atoms with E-state index in [-0.39, 0.29) is 11.7 Å². The van der Waals surface area contributed by atoms with Crippen molar-refractivity contribution in [2.24, 2.45) is 11.7 Å². The first-order valence-electron chi connectivity index (χ1n) is 6.74. The summed E-state index contributed by atoms with van der Waals surface area (Å²) in [5, 5.41) is 9.51. The maximum absolute atomic E-state index is 12.5. The molecule has 0 aliphatic heterocycles. The van der Waals surface area contributed by atoms with Crippen LogP contribution in [0.15, 0.2) is 18.2 Å². The Bertz CT molecular complexity index is 430. The fourth-order valence-electron chi connectivity index (χ4n) is 1.97. The van der Waals surface area contributed by atoms with E-state index >= 15 is 0 Å². The van der Waals surface area contributed by atoms with Crippen LogP contribution >= 0.6 is 0 Å². The molecule has 106 valence electrons. The highest BCUT2D eigenvalue weighted by molar-refractivity contribution is 5.94. The van der Waals surface area contributed by atoms with E-state index in [0.29, 0.717) is 30.1 Å². The van der Waals surface area contributed by atoms with E-state index in [1.54, 1.807) is 25.1 Å². The van der Waals surface area contributed by atoms with Gasteiger partial charge < -0.3 is 15.7 Å². The fraction of sp³-hybridized carbons (Fsp3) is 0.533. The summed E-state index contributed by atoms with van der Waals surface area (Å²) in [6, 6.07) is 4.97. The highest BCUT2D eigenvalue weighted by atomic mass is 16.3. The van der Waals surface area contributed by atoms with Gasteiger partial charge >= 0.3 is 0 Å². The Kier molecular flexibility index (Phi) is 5.83. The van der Waals surface area contributed by atoms with Gasteiger partial charge in [0.15, 0.2) is 0 Å². The molecule has 4 nitrogen and oxygen atoms in total. The fourth-order valence-corrected chi connectivity index (χ4v) is 1.97. The number of nitrogens with two attached hydrogens (primary N) is 1. The molecule has 1 aromatic carbocycles. The maximum Gasteiger partial charge on any atom is 0.253 e. The topological polar surface area (TPSA) is 66.6 Å². The number of benzene rings is 1. The SMILES string of the molecule is Cc1cc(C(=O)N(CCCN)CC(C)C)ccc1O. The van der Waals surface area contributed by atoms with E-state index in [2.05, 4.69) is 13.8 Å². The second kappa shape index (κ2) is 7.14. The molecule has 0 aliphatic rings. The Morgan fingerprint density at radius 1 is 1.42 bits per heavy atom. The minimum Gasteiger partial charge on any atom is -0.508 e. The Morgan fingerprint density at radius 2 is 2.11 bits per heavy atom. The number of phenols is 1. The molecule has 1 rings (SSSR count). The average molecular weight is 264 g/mol. The largest absolute Gasteiger partial charge is 0.508 e. The van der Waals surface area contributed by atoms with Gasteiger partial charge in [0.05, 0.1) is 0 Å². The summed E-state index contributed by atoms with van der Waals surface area (Å²) in [6.07, 6.45) is 0.801. The van der Waals surface area contributed by atoms with Gasteiger partial charge in [-0.15, -0.1) is 0 Å². The van der Waals surface area contributed by atoms with Crippen molar-refractivity contribution in [1.29, 1.82) is 0 Å². The number of hydrogen-bond donors (Lipinski definition) is 2. The van der Waals surface area contributed by atoms with Crippen molar-refractivity contribution >= 4 is 5.91 Å². The Balaban J connectivity index is 2.87. The van der Waals surface area contributed by atoms with Crippen LogP contribution < -0.4 is 5.73 Å². The number of phenolic OH excluding ortho intramolecular Hbond substituents is 1. The zero-order valence-corrected chi connectivity index (χ0v) is 12.0. The third-order valence-electron chi connectivity index (χ3n) is 2.95. The van der Waals surface area contributed by atoms with Crippen LogP contribution in [0.3, 0.4) is 0 Å². The van der Waals surface area contributed by atoms with Crippen LogP contribution in [0.2, 0.25) is 0 Å². The molecule has 0 saturated carbocycles. The van der Waals surface area contributed by atoms with Crippen molar-refractivity contribution in [3.05, 3.63) is 29.3 Å². The van der Waals surface area contributed by atoms with Gasteiger partial charge in [0.1, 0.15) is 5.75 Å². The second-order valence-electron chi connectivity index (χ2n) is 5.29. The Morgan fingerprint density at radius 3 is 2.63 bits per heavy atom. The predicted octanol–water partition coefficient (Wildman–Crippen LogP) is 2.15. The number of carbonyl (C=O) groups is 1. The van der Waals surface area contributed by atoms with Gasteiger partial charge in [0.2, 0.25) is 0 Å². The number of aromatic hydroxyl groups is 1. The first-order valence-corrected chi connectivity index (χ1v) is 6.74. The molecular weight excluding hydrogens is 240 g/mol. The van der Waals surface area contributed by atoms with E-state index < -0.39 is 0 Å². The summed E-state index contributed by atoms with van der Waals surface area (Å²) in [6.45, 7) is 7.94. The smallest absolute Gasteiger partial charge is 0.253 e. The molecule has 1 amide bonds. The van der Waals surface area contributed by atoms with Crippen molar-refractivity contribution in [3.8, 4) is 5.75 Å². The third kappa shape index (κ3) is 4.56. The quantitative estimate of drug-likeness (QED) is 0.827. The van der Waals surface area contributed by atoms with Gasteiger partial charge in [-0.05, 0) is 49.6 Å². The molecule has 4 heteroatoms. The maximum atomic E-state index is 12.5. The molecule has 0 aromatic heterocycles. The number of rotatable bonds is 6. The molecular formula is C15H24N2O2. The minimum absolute atomic E-state index is 0.00486. The van der Waals surface area contributed by atoms with Crippen molar-refractivity contribution in [2.45, 2.75) is 27.2 Å². The molecule has 0 spiro atoms. The first kappa shape index (κ1) is 15.5. The molecule has 0 heterocycles.